The summed E-state index contributed by atoms with van der Waals surface area (Å²) in [6.07, 6.45) is 4.19. The molecule has 88 valence electrons. The van der Waals surface area contributed by atoms with Gasteiger partial charge in [0.25, 0.3) is 0 Å². The number of hydrogen-bond acceptors (Lipinski definition) is 4. The highest BCUT2D eigenvalue weighted by molar-refractivity contribution is 5.31. The maximum absolute atomic E-state index is 5.63. The van der Waals surface area contributed by atoms with E-state index in [0.717, 1.165) is 12.2 Å². The van der Waals surface area contributed by atoms with Crippen molar-refractivity contribution >= 4 is 0 Å². The molecular formula is C13H15N3O. The molecule has 0 saturated heterocycles. The fraction of sp³-hybridized carbons (Fsp3) is 0.231. The van der Waals surface area contributed by atoms with Gasteiger partial charge in [0, 0.05) is 12.7 Å². The fourth-order valence-corrected chi connectivity index (χ4v) is 1.48. The Morgan fingerprint density at radius 3 is 2.94 bits per heavy atom. The molecular weight excluding hydrogens is 214 g/mol. The van der Waals surface area contributed by atoms with E-state index < -0.39 is 0 Å². The third-order valence-corrected chi connectivity index (χ3v) is 2.40. The summed E-state index contributed by atoms with van der Waals surface area (Å²) in [5, 5.41) is 0. The van der Waals surface area contributed by atoms with Gasteiger partial charge in [-0.05, 0) is 24.1 Å². The lowest BCUT2D eigenvalue weighted by atomic mass is 10.2. The van der Waals surface area contributed by atoms with Gasteiger partial charge >= 0.3 is 0 Å². The van der Waals surface area contributed by atoms with Gasteiger partial charge in [0.2, 0.25) is 5.88 Å². The van der Waals surface area contributed by atoms with Gasteiger partial charge in [-0.25, -0.2) is 4.98 Å². The van der Waals surface area contributed by atoms with Gasteiger partial charge in [0.05, 0.1) is 11.9 Å². The van der Waals surface area contributed by atoms with Gasteiger partial charge in [0.1, 0.15) is 5.75 Å². The Morgan fingerprint density at radius 1 is 1.29 bits per heavy atom. The molecule has 2 aromatic rings. The fourth-order valence-electron chi connectivity index (χ4n) is 1.48. The molecule has 0 radical (unpaired) electrons. The van der Waals surface area contributed by atoms with Gasteiger partial charge in [0.15, 0.2) is 0 Å². The van der Waals surface area contributed by atoms with Crippen molar-refractivity contribution in [1.82, 2.24) is 9.97 Å². The number of rotatable bonds is 4. The molecule has 0 saturated carbocycles. The van der Waals surface area contributed by atoms with Crippen molar-refractivity contribution < 1.29 is 4.74 Å². The molecule has 0 spiro atoms. The summed E-state index contributed by atoms with van der Waals surface area (Å²) in [7, 11) is 0. The lowest BCUT2D eigenvalue weighted by molar-refractivity contribution is 0.457. The summed E-state index contributed by atoms with van der Waals surface area (Å²) in [6.45, 7) is 2.47. The zero-order valence-electron chi connectivity index (χ0n) is 9.76. The van der Waals surface area contributed by atoms with E-state index in [0.29, 0.717) is 18.1 Å². The van der Waals surface area contributed by atoms with Gasteiger partial charge < -0.3 is 10.5 Å². The quantitative estimate of drug-likeness (QED) is 0.873. The zero-order valence-corrected chi connectivity index (χ0v) is 9.76. The molecule has 4 nitrogen and oxygen atoms in total. The summed E-state index contributed by atoms with van der Waals surface area (Å²) in [5.74, 6) is 1.24. The minimum Gasteiger partial charge on any atom is -0.437 e. The number of aryl methyl sites for hydroxylation is 1. The van der Waals surface area contributed by atoms with Crippen LogP contribution in [0, 0.1) is 0 Å². The van der Waals surface area contributed by atoms with Crippen LogP contribution in [0.5, 0.6) is 11.6 Å². The first-order valence-electron chi connectivity index (χ1n) is 5.59. The van der Waals surface area contributed by atoms with E-state index in [-0.39, 0.29) is 0 Å². The SMILES string of the molecule is CCc1cccc(Oc2cncc(CN)n2)c1. The Balaban J connectivity index is 2.18. The number of hydrogen-bond donors (Lipinski definition) is 1. The Kier molecular flexibility index (Phi) is 3.67. The average molecular weight is 229 g/mol. The molecule has 4 heteroatoms. The van der Waals surface area contributed by atoms with Crippen LogP contribution >= 0.6 is 0 Å². The van der Waals surface area contributed by atoms with Crippen LogP contribution < -0.4 is 10.5 Å². The minimum absolute atomic E-state index is 0.360. The number of nitrogens with zero attached hydrogens (tertiary/aromatic N) is 2. The van der Waals surface area contributed by atoms with Crippen LogP contribution in [0.25, 0.3) is 0 Å². The van der Waals surface area contributed by atoms with E-state index in [1.165, 1.54) is 5.56 Å². The first-order chi connectivity index (χ1) is 8.31. The number of ether oxygens (including phenoxy) is 1. The van der Waals surface area contributed by atoms with Crippen molar-refractivity contribution in [2.75, 3.05) is 0 Å². The molecule has 0 bridgehead atoms. The molecule has 17 heavy (non-hydrogen) atoms. The standard InChI is InChI=1S/C13H15N3O/c1-2-10-4-3-5-12(6-10)17-13-9-15-8-11(7-14)16-13/h3-6,8-9H,2,7,14H2,1H3. The lowest BCUT2D eigenvalue weighted by Gasteiger charge is -2.06. The lowest BCUT2D eigenvalue weighted by Crippen LogP contribution is -2.01. The highest BCUT2D eigenvalue weighted by atomic mass is 16.5. The summed E-state index contributed by atoms with van der Waals surface area (Å²) >= 11 is 0. The number of benzene rings is 1. The van der Waals surface area contributed by atoms with Crippen LogP contribution in [0.2, 0.25) is 0 Å². The smallest absolute Gasteiger partial charge is 0.238 e. The van der Waals surface area contributed by atoms with Crippen molar-refractivity contribution in [3.8, 4) is 11.6 Å². The summed E-state index contributed by atoms with van der Waals surface area (Å²) in [5.41, 5.74) is 7.44. The molecule has 2 rings (SSSR count). The van der Waals surface area contributed by atoms with Gasteiger partial charge in [-0.2, -0.15) is 0 Å². The second-order valence-electron chi connectivity index (χ2n) is 3.66. The summed E-state index contributed by atoms with van der Waals surface area (Å²) < 4.78 is 5.63. The monoisotopic (exact) mass is 229 g/mol. The summed E-state index contributed by atoms with van der Waals surface area (Å²) in [6, 6.07) is 7.93. The molecule has 0 aliphatic heterocycles. The van der Waals surface area contributed by atoms with Crippen molar-refractivity contribution in [2.45, 2.75) is 19.9 Å². The highest BCUT2D eigenvalue weighted by Gasteiger charge is 2.01. The van der Waals surface area contributed by atoms with Gasteiger partial charge in [-0.3, -0.25) is 4.98 Å². The molecule has 0 aliphatic carbocycles. The Labute approximate surface area is 100 Å². The normalized spacial score (nSPS) is 10.2. The third-order valence-electron chi connectivity index (χ3n) is 2.40. The van der Waals surface area contributed by atoms with Crippen LogP contribution in [-0.2, 0) is 13.0 Å². The predicted molar refractivity (Wildman–Crippen MR) is 65.8 cm³/mol. The minimum atomic E-state index is 0.360. The highest BCUT2D eigenvalue weighted by Crippen LogP contribution is 2.20. The molecule has 0 fully saturated rings. The van der Waals surface area contributed by atoms with Crippen molar-refractivity contribution in [3.63, 3.8) is 0 Å². The van der Waals surface area contributed by atoms with Crippen LogP contribution in [0.3, 0.4) is 0 Å². The molecule has 1 aromatic carbocycles. The zero-order chi connectivity index (χ0) is 12.1. The predicted octanol–water partition coefficient (Wildman–Crippen LogP) is 2.29. The van der Waals surface area contributed by atoms with Gasteiger partial charge in [-0.1, -0.05) is 19.1 Å². The van der Waals surface area contributed by atoms with E-state index in [1.807, 2.05) is 18.2 Å². The van der Waals surface area contributed by atoms with Crippen LogP contribution in [0.1, 0.15) is 18.2 Å². The number of nitrogens with two attached hydrogens (primary N) is 1. The molecule has 0 atom stereocenters. The second kappa shape index (κ2) is 5.41. The van der Waals surface area contributed by atoms with E-state index in [4.69, 9.17) is 10.5 Å². The first kappa shape index (κ1) is 11.5. The van der Waals surface area contributed by atoms with Crippen molar-refractivity contribution in [3.05, 3.63) is 47.9 Å². The summed E-state index contributed by atoms with van der Waals surface area (Å²) in [4.78, 5) is 8.26. The molecule has 0 aliphatic rings. The molecule has 0 amide bonds. The van der Waals surface area contributed by atoms with E-state index in [2.05, 4.69) is 23.0 Å². The van der Waals surface area contributed by atoms with Crippen molar-refractivity contribution in [2.24, 2.45) is 5.73 Å². The van der Waals surface area contributed by atoms with Gasteiger partial charge in [-0.15, -0.1) is 0 Å². The maximum Gasteiger partial charge on any atom is 0.238 e. The van der Waals surface area contributed by atoms with Crippen LogP contribution in [-0.4, -0.2) is 9.97 Å². The average Bonchev–Trinajstić information content (AvgIpc) is 2.39. The second-order valence-corrected chi connectivity index (χ2v) is 3.66. The largest absolute Gasteiger partial charge is 0.437 e. The Morgan fingerprint density at radius 2 is 2.18 bits per heavy atom. The molecule has 0 unspecified atom stereocenters. The Hall–Kier alpha value is -1.94. The van der Waals surface area contributed by atoms with Crippen LogP contribution in [0.4, 0.5) is 0 Å². The van der Waals surface area contributed by atoms with Crippen molar-refractivity contribution in [1.29, 1.82) is 0 Å². The third kappa shape index (κ3) is 3.01. The molecule has 1 heterocycles. The number of aromatic nitrogens is 2. The van der Waals surface area contributed by atoms with E-state index >= 15 is 0 Å². The maximum atomic E-state index is 5.63. The molecule has 1 aromatic heterocycles. The van der Waals surface area contributed by atoms with E-state index in [9.17, 15) is 0 Å². The topological polar surface area (TPSA) is 61.0 Å². The first-order valence-corrected chi connectivity index (χ1v) is 5.59. The Bertz CT molecular complexity index is 454. The van der Waals surface area contributed by atoms with E-state index in [1.54, 1.807) is 12.4 Å². The molecule has 2 N–H and O–H groups in total. The van der Waals surface area contributed by atoms with Crippen LogP contribution in [0.15, 0.2) is 36.7 Å².